The molecule has 0 aromatic rings. The van der Waals surface area contributed by atoms with Gasteiger partial charge in [-0.1, -0.05) is 0 Å². The lowest BCUT2D eigenvalue weighted by Crippen LogP contribution is -2.50. The minimum Gasteiger partial charge on any atom is -0.469 e. The highest BCUT2D eigenvalue weighted by atomic mass is 16.5. The Hall–Kier alpha value is -1.79. The van der Waals surface area contributed by atoms with Crippen LogP contribution >= 0.6 is 0 Å². The molecule has 1 aliphatic heterocycles. The molecule has 7 heteroatoms. The van der Waals surface area contributed by atoms with Crippen LogP contribution in [0.4, 0.5) is 0 Å². The van der Waals surface area contributed by atoms with Crippen molar-refractivity contribution >= 4 is 17.8 Å². The molecule has 1 saturated heterocycles. The molecule has 1 heterocycles. The zero-order valence-corrected chi connectivity index (χ0v) is 14.2. The molecule has 2 N–H and O–H groups in total. The molecular formula is C15H28N4O3. The summed E-state index contributed by atoms with van der Waals surface area (Å²) in [4.78, 5) is 29.7. The van der Waals surface area contributed by atoms with Crippen LogP contribution in [-0.4, -0.2) is 63.6 Å². The molecule has 0 aliphatic carbocycles. The van der Waals surface area contributed by atoms with Crippen molar-refractivity contribution in [1.29, 1.82) is 0 Å². The zero-order valence-electron chi connectivity index (χ0n) is 14.2. The Kier molecular flexibility index (Phi) is 6.64. The topological polar surface area (TPSA) is 83.0 Å². The van der Waals surface area contributed by atoms with Crippen molar-refractivity contribution in [2.75, 3.05) is 40.8 Å². The highest BCUT2D eigenvalue weighted by molar-refractivity contribution is 5.84. The summed E-state index contributed by atoms with van der Waals surface area (Å²) in [6.45, 7) is 5.77. The van der Waals surface area contributed by atoms with Gasteiger partial charge >= 0.3 is 5.97 Å². The van der Waals surface area contributed by atoms with Gasteiger partial charge < -0.3 is 20.3 Å². The smallest absolute Gasteiger partial charge is 0.308 e. The second kappa shape index (κ2) is 8.00. The summed E-state index contributed by atoms with van der Waals surface area (Å²) in [6, 6.07) is 0. The Morgan fingerprint density at radius 1 is 1.32 bits per heavy atom. The third-order valence-corrected chi connectivity index (χ3v) is 4.07. The predicted octanol–water partition coefficient (Wildman–Crippen LogP) is 0.219. The maximum absolute atomic E-state index is 11.8. The first-order valence-corrected chi connectivity index (χ1v) is 7.61. The fourth-order valence-corrected chi connectivity index (χ4v) is 2.54. The van der Waals surface area contributed by atoms with Gasteiger partial charge in [0.15, 0.2) is 5.96 Å². The first-order chi connectivity index (χ1) is 10.4. The van der Waals surface area contributed by atoms with Crippen molar-refractivity contribution in [3.63, 3.8) is 0 Å². The van der Waals surface area contributed by atoms with E-state index in [0.717, 1.165) is 31.9 Å². The average molecular weight is 312 g/mol. The number of carbonyl (C=O) groups is 2. The van der Waals surface area contributed by atoms with Crippen molar-refractivity contribution in [2.24, 2.45) is 16.3 Å². The number of esters is 1. The number of amides is 1. The molecular weight excluding hydrogens is 284 g/mol. The van der Waals surface area contributed by atoms with Crippen LogP contribution in [0.25, 0.3) is 0 Å². The first kappa shape index (κ1) is 18.3. The number of hydrogen-bond donors (Lipinski definition) is 2. The van der Waals surface area contributed by atoms with Gasteiger partial charge in [0.2, 0.25) is 5.91 Å². The highest BCUT2D eigenvalue weighted by Crippen LogP contribution is 2.19. The minimum atomic E-state index is -0.519. The molecule has 0 radical (unpaired) electrons. The molecule has 0 atom stereocenters. The molecule has 7 nitrogen and oxygen atoms in total. The van der Waals surface area contributed by atoms with E-state index in [1.807, 2.05) is 13.8 Å². The Labute approximate surface area is 132 Å². The quantitative estimate of drug-likeness (QED) is 0.441. The highest BCUT2D eigenvalue weighted by Gasteiger charge is 2.30. The number of likely N-dealkylation sites (tertiary alicyclic amines) is 1. The van der Waals surface area contributed by atoms with Gasteiger partial charge in [0.25, 0.3) is 0 Å². The molecule has 0 unspecified atom stereocenters. The van der Waals surface area contributed by atoms with Crippen molar-refractivity contribution in [3.05, 3.63) is 0 Å². The third kappa shape index (κ3) is 4.61. The van der Waals surface area contributed by atoms with E-state index >= 15 is 0 Å². The van der Waals surface area contributed by atoms with Gasteiger partial charge in [0.05, 0.1) is 18.4 Å². The van der Waals surface area contributed by atoms with Gasteiger partial charge in [-0.05, 0) is 26.7 Å². The summed E-state index contributed by atoms with van der Waals surface area (Å²) in [5.41, 5.74) is -0.519. The summed E-state index contributed by atoms with van der Waals surface area (Å²) in [7, 11) is 4.79. The number of ether oxygens (including phenoxy) is 1. The van der Waals surface area contributed by atoms with E-state index in [0.29, 0.717) is 6.54 Å². The van der Waals surface area contributed by atoms with Crippen LogP contribution in [0.2, 0.25) is 0 Å². The number of carbonyl (C=O) groups excluding carboxylic acids is 2. The number of hydrogen-bond acceptors (Lipinski definition) is 4. The number of methoxy groups -OCH3 is 1. The van der Waals surface area contributed by atoms with Gasteiger partial charge in [-0.2, -0.15) is 0 Å². The largest absolute Gasteiger partial charge is 0.469 e. The Morgan fingerprint density at radius 2 is 1.91 bits per heavy atom. The first-order valence-electron chi connectivity index (χ1n) is 7.61. The molecule has 1 fully saturated rings. The Balaban J connectivity index is 2.54. The molecule has 0 saturated carbocycles. The van der Waals surface area contributed by atoms with Gasteiger partial charge in [0, 0.05) is 33.7 Å². The molecule has 1 aliphatic rings. The Bertz CT molecular complexity index is 427. The normalized spacial score (nSPS) is 17.1. The number of rotatable bonds is 4. The molecule has 1 rings (SSSR count). The van der Waals surface area contributed by atoms with Crippen LogP contribution in [-0.2, 0) is 14.3 Å². The van der Waals surface area contributed by atoms with Crippen molar-refractivity contribution in [1.82, 2.24) is 15.5 Å². The van der Waals surface area contributed by atoms with E-state index in [-0.39, 0.29) is 17.8 Å². The van der Waals surface area contributed by atoms with Gasteiger partial charge in [0.1, 0.15) is 0 Å². The van der Waals surface area contributed by atoms with E-state index in [4.69, 9.17) is 4.74 Å². The fraction of sp³-hybridized carbons (Fsp3) is 0.800. The summed E-state index contributed by atoms with van der Waals surface area (Å²) < 4.78 is 4.79. The molecule has 1 amide bonds. The second-order valence-electron chi connectivity index (χ2n) is 6.15. The van der Waals surface area contributed by atoms with Gasteiger partial charge in [-0.3, -0.25) is 14.6 Å². The molecule has 22 heavy (non-hydrogen) atoms. The maximum atomic E-state index is 11.8. The summed E-state index contributed by atoms with van der Waals surface area (Å²) in [5, 5.41) is 5.92. The second-order valence-corrected chi connectivity index (χ2v) is 6.15. The number of piperidine rings is 1. The van der Waals surface area contributed by atoms with Gasteiger partial charge in [-0.25, -0.2) is 0 Å². The van der Waals surface area contributed by atoms with Crippen molar-refractivity contribution < 1.29 is 14.3 Å². The zero-order chi connectivity index (χ0) is 16.8. The van der Waals surface area contributed by atoms with Crippen LogP contribution in [0, 0.1) is 11.3 Å². The lowest BCUT2D eigenvalue weighted by Gasteiger charge is -2.34. The number of aliphatic imine (C=N–C) groups is 1. The molecule has 0 spiro atoms. The standard InChI is InChI=1S/C15H28N4O3/c1-15(2,13(21)16-3)10-18-14(17-4)19-8-6-11(7-9-19)12(20)22-5/h11H,6-10H2,1-5H3,(H,16,21)(H,17,18). The molecule has 126 valence electrons. The summed E-state index contributed by atoms with van der Waals surface area (Å²) in [6.07, 6.45) is 1.51. The van der Waals surface area contributed by atoms with Crippen LogP contribution in [0.3, 0.4) is 0 Å². The molecule has 0 aromatic heterocycles. The lowest BCUT2D eigenvalue weighted by molar-refractivity contribution is -0.146. The average Bonchev–Trinajstić information content (AvgIpc) is 2.54. The van der Waals surface area contributed by atoms with Crippen molar-refractivity contribution in [2.45, 2.75) is 26.7 Å². The van der Waals surface area contributed by atoms with Crippen LogP contribution < -0.4 is 10.6 Å². The molecule has 0 bridgehead atoms. The summed E-state index contributed by atoms with van der Waals surface area (Å²) in [5.74, 6) is 0.588. The van der Waals surface area contributed by atoms with E-state index in [1.54, 1.807) is 14.1 Å². The van der Waals surface area contributed by atoms with E-state index in [1.165, 1.54) is 7.11 Å². The van der Waals surface area contributed by atoms with E-state index < -0.39 is 5.41 Å². The maximum Gasteiger partial charge on any atom is 0.308 e. The number of nitrogens with one attached hydrogen (secondary N) is 2. The van der Waals surface area contributed by atoms with Gasteiger partial charge in [-0.15, -0.1) is 0 Å². The minimum absolute atomic E-state index is 0.0140. The predicted molar refractivity (Wildman–Crippen MR) is 85.5 cm³/mol. The van der Waals surface area contributed by atoms with Crippen molar-refractivity contribution in [3.8, 4) is 0 Å². The number of guanidine groups is 1. The van der Waals surface area contributed by atoms with Crippen LogP contribution in [0.15, 0.2) is 4.99 Å². The summed E-state index contributed by atoms with van der Waals surface area (Å²) >= 11 is 0. The number of nitrogens with zero attached hydrogens (tertiary/aromatic N) is 2. The van der Waals surface area contributed by atoms with Crippen LogP contribution in [0.1, 0.15) is 26.7 Å². The van der Waals surface area contributed by atoms with Crippen LogP contribution in [0.5, 0.6) is 0 Å². The lowest BCUT2D eigenvalue weighted by atomic mass is 9.92. The Morgan fingerprint density at radius 3 is 2.36 bits per heavy atom. The SMILES string of the molecule is CN=C(NCC(C)(C)C(=O)NC)N1CCC(C(=O)OC)CC1. The molecule has 0 aromatic carbocycles. The fourth-order valence-electron chi connectivity index (χ4n) is 2.54. The third-order valence-electron chi connectivity index (χ3n) is 4.07. The van der Waals surface area contributed by atoms with E-state index in [2.05, 4.69) is 20.5 Å². The monoisotopic (exact) mass is 312 g/mol. The van der Waals surface area contributed by atoms with E-state index in [9.17, 15) is 9.59 Å².